The van der Waals surface area contributed by atoms with Gasteiger partial charge in [0.05, 0.1) is 16.7 Å². The maximum Gasteiger partial charge on any atom is 0.189 e. The molecule has 0 radical (unpaired) electrons. The molecule has 1 atom stereocenters. The van der Waals surface area contributed by atoms with Crippen LogP contribution in [0.2, 0.25) is 0 Å². The van der Waals surface area contributed by atoms with Crippen LogP contribution in [0.25, 0.3) is 0 Å². The van der Waals surface area contributed by atoms with E-state index in [9.17, 15) is 18.5 Å². The van der Waals surface area contributed by atoms with Gasteiger partial charge in [0, 0.05) is 24.0 Å². The summed E-state index contributed by atoms with van der Waals surface area (Å²) in [6, 6.07) is 11.8. The first-order chi connectivity index (χ1) is 11.4. The number of sulfone groups is 1. The highest BCUT2D eigenvalue weighted by Gasteiger charge is 2.46. The van der Waals surface area contributed by atoms with Crippen LogP contribution in [0.4, 0.5) is 0 Å². The van der Waals surface area contributed by atoms with E-state index in [-0.39, 0.29) is 22.0 Å². The molecule has 2 aromatic rings. The third-order valence-corrected chi connectivity index (χ3v) is 6.42. The normalized spacial score (nSPS) is 19.7. The molecule has 1 aromatic heterocycles. The molecule has 1 unspecified atom stereocenters. The molecule has 3 rings (SSSR count). The second-order valence-electron chi connectivity index (χ2n) is 6.03. The minimum Gasteiger partial charge on any atom is -0.350 e. The lowest BCUT2D eigenvalue weighted by atomic mass is 9.78. The van der Waals surface area contributed by atoms with Crippen LogP contribution in [0.3, 0.4) is 0 Å². The molecule has 1 aromatic carbocycles. The average Bonchev–Trinajstić information content (AvgIpc) is 3.17. The highest BCUT2D eigenvalue weighted by Crippen LogP contribution is 2.38. The Morgan fingerprint density at radius 3 is 2.83 bits per heavy atom. The van der Waals surface area contributed by atoms with Crippen molar-refractivity contribution < 1.29 is 13.2 Å². The van der Waals surface area contributed by atoms with E-state index in [1.807, 2.05) is 16.8 Å². The summed E-state index contributed by atoms with van der Waals surface area (Å²) < 4.78 is 26.4. The number of fused-ring (bicyclic) bond motifs is 1. The zero-order chi connectivity index (χ0) is 17.4. The van der Waals surface area contributed by atoms with Gasteiger partial charge in [0.1, 0.15) is 0 Å². The highest BCUT2D eigenvalue weighted by atomic mass is 32.2. The number of aromatic nitrogens is 1. The van der Waals surface area contributed by atoms with Crippen LogP contribution < -0.4 is 0 Å². The molecule has 0 bridgehead atoms. The third-order valence-electron chi connectivity index (χ3n) is 4.50. The van der Waals surface area contributed by atoms with Crippen LogP contribution in [-0.4, -0.2) is 24.5 Å². The Labute approximate surface area is 141 Å². The number of hydrogen-bond acceptors (Lipinski definition) is 4. The summed E-state index contributed by atoms with van der Waals surface area (Å²) in [6.07, 6.45) is 2.77. The fraction of sp³-hybridized carbons (Fsp3) is 0.333. The number of nitrogens with zero attached hydrogens (tertiary/aromatic N) is 2. The molecule has 24 heavy (non-hydrogen) atoms. The minimum absolute atomic E-state index is 0.0386. The Morgan fingerprint density at radius 2 is 2.12 bits per heavy atom. The van der Waals surface area contributed by atoms with Crippen molar-refractivity contribution in [3.05, 3.63) is 53.9 Å². The Morgan fingerprint density at radius 1 is 1.33 bits per heavy atom. The number of benzene rings is 1. The van der Waals surface area contributed by atoms with Gasteiger partial charge in [-0.15, -0.1) is 0 Å². The molecule has 0 saturated heterocycles. The topological polar surface area (TPSA) is 79.9 Å². The van der Waals surface area contributed by atoms with Crippen LogP contribution in [-0.2, 0) is 21.8 Å². The number of rotatable bonds is 5. The van der Waals surface area contributed by atoms with E-state index >= 15 is 0 Å². The summed E-state index contributed by atoms with van der Waals surface area (Å²) in [5.41, 5.74) is -0.295. The first-order valence-electron chi connectivity index (χ1n) is 7.89. The lowest BCUT2D eigenvalue weighted by molar-refractivity contribution is 0.0921. The molecule has 1 aliphatic rings. The molecule has 0 saturated carbocycles. The number of nitriles is 1. The Bertz CT molecular complexity index is 937. The lowest BCUT2D eigenvalue weighted by Gasteiger charge is -2.19. The van der Waals surface area contributed by atoms with Gasteiger partial charge in [-0.25, -0.2) is 8.42 Å². The summed E-state index contributed by atoms with van der Waals surface area (Å²) in [4.78, 5) is 13.2. The first kappa shape index (κ1) is 16.5. The van der Waals surface area contributed by atoms with Crippen molar-refractivity contribution in [3.63, 3.8) is 0 Å². The average molecular weight is 342 g/mol. The van der Waals surface area contributed by atoms with Crippen LogP contribution in [0.1, 0.15) is 35.8 Å². The van der Waals surface area contributed by atoms with E-state index in [1.54, 1.807) is 25.1 Å². The van der Waals surface area contributed by atoms with Gasteiger partial charge in [-0.3, -0.25) is 4.79 Å². The number of carbonyl (C=O) groups excluding carboxylic acids is 1. The van der Waals surface area contributed by atoms with E-state index < -0.39 is 15.3 Å². The van der Waals surface area contributed by atoms with Crippen molar-refractivity contribution in [1.82, 2.24) is 4.57 Å². The van der Waals surface area contributed by atoms with Crippen LogP contribution in [0.15, 0.2) is 47.5 Å². The Balaban J connectivity index is 2.05. The number of carbonyl (C=O) groups is 1. The molecule has 124 valence electrons. The van der Waals surface area contributed by atoms with E-state index in [1.165, 1.54) is 12.1 Å². The summed E-state index contributed by atoms with van der Waals surface area (Å²) in [5, 5.41) is 9.72. The molecule has 0 N–H and O–H groups in total. The van der Waals surface area contributed by atoms with Crippen molar-refractivity contribution >= 4 is 15.6 Å². The second kappa shape index (κ2) is 5.91. The number of ketones is 1. The molecule has 0 aliphatic carbocycles. The monoisotopic (exact) mass is 342 g/mol. The van der Waals surface area contributed by atoms with E-state index in [2.05, 4.69) is 6.07 Å². The fourth-order valence-electron chi connectivity index (χ4n) is 3.27. The second-order valence-corrected chi connectivity index (χ2v) is 8.14. The Hall–Kier alpha value is -2.39. The molecule has 2 heterocycles. The smallest absolute Gasteiger partial charge is 0.189 e. The van der Waals surface area contributed by atoms with Crippen LogP contribution >= 0.6 is 0 Å². The van der Waals surface area contributed by atoms with E-state index in [4.69, 9.17) is 0 Å². The molecule has 0 spiro atoms. The fourth-order valence-corrected chi connectivity index (χ4v) is 4.64. The molecular formula is C18H18N2O3S. The Kier molecular flexibility index (Phi) is 4.06. The minimum atomic E-state index is -3.41. The van der Waals surface area contributed by atoms with Gasteiger partial charge in [-0.1, -0.05) is 19.1 Å². The number of hydrogen-bond donors (Lipinski definition) is 0. The first-order valence-corrected chi connectivity index (χ1v) is 9.54. The highest BCUT2D eigenvalue weighted by molar-refractivity contribution is 7.91. The molecule has 1 aliphatic heterocycles. The SMILES string of the molecule is CCCS(=O)(=O)c1cccc(C(=O)C2(C#N)CCn3cccc32)c1. The molecule has 0 amide bonds. The quantitative estimate of drug-likeness (QED) is 0.783. The maximum atomic E-state index is 13.1. The van der Waals surface area contributed by atoms with Crippen molar-refractivity contribution in [3.8, 4) is 6.07 Å². The van der Waals surface area contributed by atoms with Gasteiger partial charge >= 0.3 is 0 Å². The van der Waals surface area contributed by atoms with Gasteiger partial charge in [0.25, 0.3) is 0 Å². The maximum absolute atomic E-state index is 13.1. The number of Topliss-reactive ketones (excluding diaryl/α,β-unsaturated/α-hetero) is 1. The van der Waals surface area contributed by atoms with Crippen LogP contribution in [0.5, 0.6) is 0 Å². The van der Waals surface area contributed by atoms with Crippen molar-refractivity contribution in [2.45, 2.75) is 36.6 Å². The summed E-state index contributed by atoms with van der Waals surface area (Å²) in [5.74, 6) is -0.298. The van der Waals surface area contributed by atoms with Gasteiger partial charge < -0.3 is 4.57 Å². The van der Waals surface area contributed by atoms with Gasteiger partial charge in [0.2, 0.25) is 0 Å². The van der Waals surface area contributed by atoms with Gasteiger partial charge in [-0.2, -0.15) is 5.26 Å². The summed E-state index contributed by atoms with van der Waals surface area (Å²) in [7, 11) is -3.41. The van der Waals surface area contributed by atoms with E-state index in [0.717, 1.165) is 0 Å². The largest absolute Gasteiger partial charge is 0.350 e. The zero-order valence-corrected chi connectivity index (χ0v) is 14.2. The summed E-state index contributed by atoms with van der Waals surface area (Å²) in [6.45, 7) is 2.40. The molecular weight excluding hydrogens is 324 g/mol. The van der Waals surface area contributed by atoms with Crippen LogP contribution in [0, 0.1) is 11.3 Å². The lowest BCUT2D eigenvalue weighted by Crippen LogP contribution is -2.32. The molecule has 6 heteroatoms. The molecule has 0 fully saturated rings. The third kappa shape index (κ3) is 2.45. The van der Waals surface area contributed by atoms with Gasteiger partial charge in [0.15, 0.2) is 21.0 Å². The standard InChI is InChI=1S/C18H18N2O3S/c1-2-11-24(22,23)15-6-3-5-14(12-15)17(21)18(13-19)8-10-20-9-4-7-16(18)20/h3-7,9,12H,2,8,10-11H2,1H3. The van der Waals surface area contributed by atoms with Crippen molar-refractivity contribution in [2.24, 2.45) is 0 Å². The van der Waals surface area contributed by atoms with E-state index in [0.29, 0.717) is 25.1 Å². The zero-order valence-electron chi connectivity index (χ0n) is 13.4. The predicted molar refractivity (Wildman–Crippen MR) is 89.5 cm³/mol. The van der Waals surface area contributed by atoms with Crippen molar-refractivity contribution in [1.29, 1.82) is 5.26 Å². The predicted octanol–water partition coefficient (Wildman–Crippen LogP) is 2.72. The molecule has 5 nitrogen and oxygen atoms in total. The van der Waals surface area contributed by atoms with Gasteiger partial charge in [-0.05, 0) is 37.1 Å². The van der Waals surface area contributed by atoms with Crippen molar-refractivity contribution in [2.75, 3.05) is 5.75 Å². The summed E-state index contributed by atoms with van der Waals surface area (Å²) >= 11 is 0. The number of aryl methyl sites for hydroxylation is 1.